The minimum atomic E-state index is -2.93. The van der Waals surface area contributed by atoms with Crippen LogP contribution >= 0.6 is 0 Å². The maximum atomic E-state index is 13.4. The van der Waals surface area contributed by atoms with Crippen LogP contribution in [-0.4, -0.2) is 27.0 Å². The van der Waals surface area contributed by atoms with Crippen molar-refractivity contribution in [1.29, 1.82) is 0 Å². The minimum Gasteiger partial charge on any atom is -0.496 e. The maximum Gasteiger partial charge on any atom is 0.150 e. The molecular formula is C13H19FN2O3S. The third kappa shape index (κ3) is 3.47. The summed E-state index contributed by atoms with van der Waals surface area (Å²) in [5, 5.41) is 0. The number of nitrogens with two attached hydrogens (primary N) is 1. The van der Waals surface area contributed by atoms with Crippen molar-refractivity contribution in [3.05, 3.63) is 29.6 Å². The summed E-state index contributed by atoms with van der Waals surface area (Å²) in [5.74, 6) is 6.13. The average molecular weight is 302 g/mol. The van der Waals surface area contributed by atoms with Crippen LogP contribution in [0.2, 0.25) is 0 Å². The van der Waals surface area contributed by atoms with Crippen LogP contribution in [0, 0.1) is 11.7 Å². The summed E-state index contributed by atoms with van der Waals surface area (Å²) in [6.45, 7) is 0. The Labute approximate surface area is 118 Å². The molecule has 0 aliphatic carbocycles. The van der Waals surface area contributed by atoms with Gasteiger partial charge >= 0.3 is 0 Å². The molecule has 3 N–H and O–H groups in total. The van der Waals surface area contributed by atoms with E-state index in [1.165, 1.54) is 19.2 Å². The lowest BCUT2D eigenvalue weighted by Crippen LogP contribution is -2.30. The first-order valence-corrected chi connectivity index (χ1v) is 8.27. The van der Waals surface area contributed by atoms with Gasteiger partial charge in [-0.3, -0.25) is 11.3 Å². The first-order valence-electron chi connectivity index (χ1n) is 6.45. The summed E-state index contributed by atoms with van der Waals surface area (Å²) in [6, 6.07) is 3.89. The standard InChI is InChI=1S/C13H19FN2O3S/c1-19-13-3-2-10(14)7-11(13)12(16-15)6-9-4-5-20(17,18)8-9/h2-3,7,9,12,16H,4-6,8,15H2,1H3. The van der Waals surface area contributed by atoms with Crippen molar-refractivity contribution in [2.24, 2.45) is 11.8 Å². The zero-order valence-electron chi connectivity index (χ0n) is 11.3. The number of methoxy groups -OCH3 is 1. The molecule has 1 saturated heterocycles. The number of ether oxygens (including phenoxy) is 1. The monoisotopic (exact) mass is 302 g/mol. The number of hydrogen-bond acceptors (Lipinski definition) is 5. The molecule has 2 rings (SSSR count). The smallest absolute Gasteiger partial charge is 0.150 e. The number of hydrogen-bond donors (Lipinski definition) is 2. The molecule has 2 atom stereocenters. The van der Waals surface area contributed by atoms with Crippen LogP contribution in [0.5, 0.6) is 5.75 Å². The molecule has 0 aromatic heterocycles. The zero-order valence-corrected chi connectivity index (χ0v) is 12.1. The Hall–Kier alpha value is -1.18. The number of rotatable bonds is 5. The van der Waals surface area contributed by atoms with Gasteiger partial charge in [-0.1, -0.05) is 0 Å². The Morgan fingerprint density at radius 3 is 2.85 bits per heavy atom. The Morgan fingerprint density at radius 2 is 2.30 bits per heavy atom. The number of halogens is 1. The summed E-state index contributed by atoms with van der Waals surface area (Å²) in [4.78, 5) is 0. The molecule has 1 aromatic carbocycles. The summed E-state index contributed by atoms with van der Waals surface area (Å²) in [6.07, 6.45) is 1.16. The van der Waals surface area contributed by atoms with E-state index in [9.17, 15) is 12.8 Å². The van der Waals surface area contributed by atoms with Crippen molar-refractivity contribution in [1.82, 2.24) is 5.43 Å². The highest BCUT2D eigenvalue weighted by atomic mass is 32.2. The van der Waals surface area contributed by atoms with E-state index in [0.29, 0.717) is 24.2 Å². The molecule has 20 heavy (non-hydrogen) atoms. The van der Waals surface area contributed by atoms with Gasteiger partial charge in [0.05, 0.1) is 24.7 Å². The molecule has 1 aliphatic heterocycles. The van der Waals surface area contributed by atoms with Crippen molar-refractivity contribution in [3.8, 4) is 5.75 Å². The molecule has 112 valence electrons. The lowest BCUT2D eigenvalue weighted by Gasteiger charge is -2.21. The maximum absolute atomic E-state index is 13.4. The fraction of sp³-hybridized carbons (Fsp3) is 0.538. The largest absolute Gasteiger partial charge is 0.496 e. The van der Waals surface area contributed by atoms with E-state index in [1.54, 1.807) is 6.07 Å². The molecular weight excluding hydrogens is 283 g/mol. The van der Waals surface area contributed by atoms with Crippen LogP contribution in [0.25, 0.3) is 0 Å². The van der Waals surface area contributed by atoms with E-state index in [4.69, 9.17) is 10.6 Å². The van der Waals surface area contributed by atoms with E-state index >= 15 is 0 Å². The van der Waals surface area contributed by atoms with Crippen molar-refractivity contribution in [3.63, 3.8) is 0 Å². The van der Waals surface area contributed by atoms with E-state index in [1.807, 2.05) is 0 Å². The Kier molecular flexibility index (Phi) is 4.62. The van der Waals surface area contributed by atoms with Crippen LogP contribution in [0.4, 0.5) is 4.39 Å². The van der Waals surface area contributed by atoms with Crippen LogP contribution in [0.15, 0.2) is 18.2 Å². The second-order valence-electron chi connectivity index (χ2n) is 5.11. The molecule has 1 aliphatic rings. The fourth-order valence-corrected chi connectivity index (χ4v) is 4.53. The van der Waals surface area contributed by atoms with Gasteiger partial charge in [-0.15, -0.1) is 0 Å². The second-order valence-corrected chi connectivity index (χ2v) is 7.34. The first-order chi connectivity index (χ1) is 9.45. The van der Waals surface area contributed by atoms with Crippen molar-refractivity contribution < 1.29 is 17.5 Å². The van der Waals surface area contributed by atoms with Gasteiger partial charge in [0.2, 0.25) is 0 Å². The fourth-order valence-electron chi connectivity index (χ4n) is 2.65. The van der Waals surface area contributed by atoms with E-state index < -0.39 is 9.84 Å². The van der Waals surface area contributed by atoms with Crippen molar-refractivity contribution in [2.45, 2.75) is 18.9 Å². The highest BCUT2D eigenvalue weighted by Gasteiger charge is 2.30. The van der Waals surface area contributed by atoms with Gasteiger partial charge in [-0.05, 0) is 37.0 Å². The molecule has 0 radical (unpaired) electrons. The van der Waals surface area contributed by atoms with Crippen LogP contribution in [0.3, 0.4) is 0 Å². The molecule has 1 heterocycles. The van der Waals surface area contributed by atoms with Crippen molar-refractivity contribution >= 4 is 9.84 Å². The van der Waals surface area contributed by atoms with Gasteiger partial charge in [0.15, 0.2) is 9.84 Å². The Balaban J connectivity index is 2.18. The molecule has 1 fully saturated rings. The summed E-state index contributed by atoms with van der Waals surface area (Å²) in [7, 11) is -1.42. The zero-order chi connectivity index (χ0) is 14.8. The summed E-state index contributed by atoms with van der Waals surface area (Å²) < 4.78 is 41.6. The van der Waals surface area contributed by atoms with Crippen LogP contribution in [-0.2, 0) is 9.84 Å². The SMILES string of the molecule is COc1ccc(F)cc1C(CC1CCS(=O)(=O)C1)NN. The molecule has 0 saturated carbocycles. The number of benzene rings is 1. The second kappa shape index (κ2) is 6.07. The molecule has 5 nitrogen and oxygen atoms in total. The minimum absolute atomic E-state index is 0.0361. The Bertz CT molecular complexity index is 577. The predicted molar refractivity (Wildman–Crippen MR) is 74.4 cm³/mol. The van der Waals surface area contributed by atoms with Gasteiger partial charge in [0.25, 0.3) is 0 Å². The third-order valence-electron chi connectivity index (χ3n) is 3.66. The number of hydrazine groups is 1. The van der Waals surface area contributed by atoms with Gasteiger partial charge in [-0.25, -0.2) is 12.8 Å². The molecule has 0 amide bonds. The third-order valence-corrected chi connectivity index (χ3v) is 5.50. The van der Waals surface area contributed by atoms with E-state index in [0.717, 1.165) is 0 Å². The summed E-state index contributed by atoms with van der Waals surface area (Å²) >= 11 is 0. The van der Waals surface area contributed by atoms with Gasteiger partial charge < -0.3 is 4.74 Å². The quantitative estimate of drug-likeness (QED) is 0.630. The number of nitrogens with one attached hydrogen (secondary N) is 1. The molecule has 0 spiro atoms. The predicted octanol–water partition coefficient (Wildman–Crippen LogP) is 1.16. The van der Waals surface area contributed by atoms with E-state index in [2.05, 4.69) is 5.43 Å². The molecule has 7 heteroatoms. The Morgan fingerprint density at radius 1 is 1.55 bits per heavy atom. The highest BCUT2D eigenvalue weighted by Crippen LogP contribution is 2.33. The van der Waals surface area contributed by atoms with Crippen LogP contribution < -0.4 is 16.0 Å². The molecule has 2 unspecified atom stereocenters. The normalized spacial score (nSPS) is 22.6. The first kappa shape index (κ1) is 15.2. The average Bonchev–Trinajstić information content (AvgIpc) is 2.75. The van der Waals surface area contributed by atoms with Gasteiger partial charge in [0, 0.05) is 5.56 Å². The molecule has 1 aromatic rings. The summed E-state index contributed by atoms with van der Waals surface area (Å²) in [5.41, 5.74) is 3.24. The topological polar surface area (TPSA) is 81.4 Å². The van der Waals surface area contributed by atoms with Gasteiger partial charge in [-0.2, -0.15) is 0 Å². The van der Waals surface area contributed by atoms with Crippen LogP contribution in [0.1, 0.15) is 24.4 Å². The van der Waals surface area contributed by atoms with Gasteiger partial charge in [0.1, 0.15) is 11.6 Å². The lowest BCUT2D eigenvalue weighted by atomic mass is 9.94. The highest BCUT2D eigenvalue weighted by molar-refractivity contribution is 7.91. The number of sulfone groups is 1. The molecule has 0 bridgehead atoms. The van der Waals surface area contributed by atoms with E-state index in [-0.39, 0.29) is 29.3 Å². The van der Waals surface area contributed by atoms with Crippen molar-refractivity contribution in [2.75, 3.05) is 18.6 Å². The lowest BCUT2D eigenvalue weighted by molar-refractivity contribution is 0.376.